The van der Waals surface area contributed by atoms with Crippen molar-refractivity contribution in [3.63, 3.8) is 0 Å². The molecule has 3 heteroatoms. The van der Waals surface area contributed by atoms with Gasteiger partial charge in [0.25, 0.3) is 0 Å². The maximum Gasteiger partial charge on any atom is 0.0880 e. The summed E-state index contributed by atoms with van der Waals surface area (Å²) in [5.41, 5.74) is -0.557. The molecule has 0 aromatic heterocycles. The second kappa shape index (κ2) is 4.16. The van der Waals surface area contributed by atoms with E-state index in [-0.39, 0.29) is 11.6 Å². The second-order valence-corrected chi connectivity index (χ2v) is 9.97. The lowest BCUT2D eigenvalue weighted by molar-refractivity contribution is -0.171. The Balaban J connectivity index is 1.54. The predicted molar refractivity (Wildman–Crippen MR) is 87.8 cm³/mol. The van der Waals surface area contributed by atoms with Gasteiger partial charge in [-0.1, -0.05) is 12.8 Å². The van der Waals surface area contributed by atoms with Crippen LogP contribution in [-0.2, 0) is 0 Å². The van der Waals surface area contributed by atoms with E-state index in [1.807, 2.05) is 0 Å². The van der Waals surface area contributed by atoms with Crippen molar-refractivity contribution in [2.45, 2.75) is 94.0 Å². The van der Waals surface area contributed by atoms with Gasteiger partial charge in [-0.3, -0.25) is 4.90 Å². The van der Waals surface area contributed by atoms with Crippen molar-refractivity contribution in [3.8, 4) is 0 Å². The van der Waals surface area contributed by atoms with Crippen LogP contribution >= 0.6 is 0 Å². The van der Waals surface area contributed by atoms with Crippen LogP contribution in [-0.4, -0.2) is 44.4 Å². The molecule has 2 unspecified atom stereocenters. The van der Waals surface area contributed by atoms with E-state index >= 15 is 0 Å². The average molecular weight is 317 g/mol. The molecule has 4 aliphatic carbocycles. The molecule has 4 saturated carbocycles. The first-order valence-electron chi connectivity index (χ1n) is 10.3. The molecule has 3 saturated heterocycles. The summed E-state index contributed by atoms with van der Waals surface area (Å²) in [6.07, 6.45) is 10.7. The molecule has 11 atom stereocenters. The van der Waals surface area contributed by atoms with Crippen LogP contribution in [0.2, 0.25) is 0 Å². The van der Waals surface area contributed by atoms with Crippen molar-refractivity contribution in [1.29, 1.82) is 0 Å². The zero-order chi connectivity index (χ0) is 15.6. The van der Waals surface area contributed by atoms with Gasteiger partial charge in [-0.15, -0.1) is 0 Å². The molecule has 0 radical (unpaired) electrons. The van der Waals surface area contributed by atoms with Crippen molar-refractivity contribution in [2.75, 3.05) is 0 Å². The summed E-state index contributed by atoms with van der Waals surface area (Å²) < 4.78 is 0. The third-order valence-corrected chi connectivity index (χ3v) is 9.54. The fourth-order valence-corrected chi connectivity index (χ4v) is 9.29. The summed E-state index contributed by atoms with van der Waals surface area (Å²) in [5.74, 6) is 3.10. The number of nitrogens with zero attached hydrogens (tertiary/aromatic N) is 1. The molecule has 3 aliphatic heterocycles. The number of fused-ring (bicyclic) bond motifs is 1. The highest BCUT2D eigenvalue weighted by Crippen LogP contribution is 2.75. The molecule has 1 spiro atoms. The zero-order valence-corrected chi connectivity index (χ0v) is 14.3. The van der Waals surface area contributed by atoms with Gasteiger partial charge in [0, 0.05) is 18.0 Å². The van der Waals surface area contributed by atoms with Gasteiger partial charge in [0.1, 0.15) is 0 Å². The molecule has 0 amide bonds. The fraction of sp³-hybridized carbons (Fsp3) is 1.00. The molecule has 23 heavy (non-hydrogen) atoms. The van der Waals surface area contributed by atoms with Crippen LogP contribution in [0.1, 0.15) is 64.7 Å². The lowest BCUT2D eigenvalue weighted by atomic mass is 9.54. The first-order chi connectivity index (χ1) is 11.1. The third-order valence-electron chi connectivity index (χ3n) is 9.54. The summed E-state index contributed by atoms with van der Waals surface area (Å²) in [4.78, 5) is 2.78. The van der Waals surface area contributed by atoms with Gasteiger partial charge in [0.2, 0.25) is 0 Å². The van der Waals surface area contributed by atoms with Gasteiger partial charge >= 0.3 is 0 Å². The standard InChI is InChI=1S/C20H31NO2/c1-11-6-7-15-16-8-12-9-20(15,23)19(21(11)16)10-17(22)13-4-2-3-5-14(13)18(12)19/h11-18,22-23H,2-10H2,1H3/t11-,12-,13+,14+,15+,16+,17+,18-,19-,20?/m1/s1. The number of rotatable bonds is 0. The Bertz CT molecular complexity index is 552. The molecular weight excluding hydrogens is 286 g/mol. The average Bonchev–Trinajstić information content (AvgIpc) is 2.75. The predicted octanol–water partition coefficient (Wildman–Crippen LogP) is 2.55. The Morgan fingerprint density at radius 1 is 1.00 bits per heavy atom. The van der Waals surface area contributed by atoms with Crippen molar-refractivity contribution in [2.24, 2.45) is 29.6 Å². The molecule has 7 aliphatic rings. The Hall–Kier alpha value is -0.120. The Morgan fingerprint density at radius 3 is 2.61 bits per heavy atom. The Morgan fingerprint density at radius 2 is 1.78 bits per heavy atom. The maximum absolute atomic E-state index is 12.0. The van der Waals surface area contributed by atoms with Crippen LogP contribution in [0.5, 0.6) is 0 Å². The van der Waals surface area contributed by atoms with E-state index in [9.17, 15) is 10.2 Å². The summed E-state index contributed by atoms with van der Waals surface area (Å²) in [6, 6.07) is 1.21. The lowest BCUT2D eigenvalue weighted by Gasteiger charge is -2.61. The van der Waals surface area contributed by atoms with Crippen molar-refractivity contribution in [3.05, 3.63) is 0 Å². The van der Waals surface area contributed by atoms with Crippen LogP contribution in [0.15, 0.2) is 0 Å². The van der Waals surface area contributed by atoms with Crippen LogP contribution < -0.4 is 0 Å². The van der Waals surface area contributed by atoms with Gasteiger partial charge in [0.05, 0.1) is 17.2 Å². The normalized spacial score (nSPS) is 68.7. The molecule has 3 heterocycles. The third kappa shape index (κ3) is 1.32. The van der Waals surface area contributed by atoms with Crippen LogP contribution in [0.3, 0.4) is 0 Å². The molecule has 0 aromatic carbocycles. The molecule has 6 bridgehead atoms. The fourth-order valence-electron chi connectivity index (χ4n) is 9.29. The topological polar surface area (TPSA) is 43.7 Å². The van der Waals surface area contributed by atoms with Gasteiger partial charge in [-0.25, -0.2) is 0 Å². The maximum atomic E-state index is 12.0. The van der Waals surface area contributed by atoms with E-state index in [1.165, 1.54) is 44.9 Å². The number of aliphatic hydroxyl groups excluding tert-OH is 1. The Labute approximate surface area is 139 Å². The Kier molecular flexibility index (Phi) is 2.55. The molecule has 128 valence electrons. The summed E-state index contributed by atoms with van der Waals surface area (Å²) in [7, 11) is 0. The SMILES string of the molecule is C[C@@H]1CC[C@H]2[C@@H]3C[C@@H]4CC2(O)[C@]2(C[C@H](O)[C@H]5CCCC[C@@H]5[C@@H]42)N13. The van der Waals surface area contributed by atoms with Crippen molar-refractivity contribution in [1.82, 2.24) is 4.90 Å². The lowest BCUT2D eigenvalue weighted by Crippen LogP contribution is -2.69. The number of piperidine rings is 2. The first-order valence-corrected chi connectivity index (χ1v) is 10.3. The number of aliphatic hydroxyl groups is 2. The van der Waals surface area contributed by atoms with Crippen molar-refractivity contribution < 1.29 is 10.2 Å². The van der Waals surface area contributed by atoms with Gasteiger partial charge in [0.15, 0.2) is 0 Å². The zero-order valence-electron chi connectivity index (χ0n) is 14.3. The monoisotopic (exact) mass is 317 g/mol. The van der Waals surface area contributed by atoms with E-state index in [0.29, 0.717) is 35.8 Å². The highest BCUT2D eigenvalue weighted by atomic mass is 16.3. The quantitative estimate of drug-likeness (QED) is 0.722. The molecule has 3 nitrogen and oxygen atoms in total. The smallest absolute Gasteiger partial charge is 0.0880 e. The minimum Gasteiger partial charge on any atom is -0.393 e. The van der Waals surface area contributed by atoms with Crippen LogP contribution in [0.25, 0.3) is 0 Å². The first kappa shape index (κ1) is 14.1. The highest BCUT2D eigenvalue weighted by Gasteiger charge is 2.82. The van der Waals surface area contributed by atoms with E-state index in [0.717, 1.165) is 18.8 Å². The second-order valence-electron chi connectivity index (χ2n) is 9.97. The largest absolute Gasteiger partial charge is 0.393 e. The summed E-state index contributed by atoms with van der Waals surface area (Å²) in [6.45, 7) is 2.39. The van der Waals surface area contributed by atoms with Crippen LogP contribution in [0, 0.1) is 29.6 Å². The van der Waals surface area contributed by atoms with E-state index in [1.54, 1.807) is 0 Å². The highest BCUT2D eigenvalue weighted by molar-refractivity contribution is 5.34. The summed E-state index contributed by atoms with van der Waals surface area (Å²) >= 11 is 0. The van der Waals surface area contributed by atoms with Gasteiger partial charge < -0.3 is 10.2 Å². The number of hydrogen-bond donors (Lipinski definition) is 2. The van der Waals surface area contributed by atoms with Gasteiger partial charge in [-0.2, -0.15) is 0 Å². The minimum atomic E-state index is -0.487. The van der Waals surface area contributed by atoms with Crippen LogP contribution in [0.4, 0.5) is 0 Å². The van der Waals surface area contributed by atoms with E-state index < -0.39 is 5.60 Å². The molecule has 2 N–H and O–H groups in total. The van der Waals surface area contributed by atoms with E-state index in [4.69, 9.17) is 0 Å². The minimum absolute atomic E-state index is 0.0703. The molecular formula is C20H31NO2. The van der Waals surface area contributed by atoms with E-state index in [2.05, 4.69) is 11.8 Å². The molecule has 0 aromatic rings. The van der Waals surface area contributed by atoms with Crippen molar-refractivity contribution >= 4 is 0 Å². The number of hydrogen-bond acceptors (Lipinski definition) is 3. The summed E-state index contributed by atoms with van der Waals surface area (Å²) in [5, 5.41) is 23.0. The van der Waals surface area contributed by atoms with Gasteiger partial charge in [-0.05, 0) is 75.5 Å². The molecule has 7 fully saturated rings. The molecule has 7 rings (SSSR count).